The predicted octanol–water partition coefficient (Wildman–Crippen LogP) is 2.51. The first-order valence-electron chi connectivity index (χ1n) is 7.53. The zero-order valence-corrected chi connectivity index (χ0v) is 12.5. The predicted molar refractivity (Wildman–Crippen MR) is 74.3 cm³/mol. The number of carbonyl (C=O) groups excluding carboxylic acids is 1. The molecule has 0 radical (unpaired) electrons. The Hall–Kier alpha value is -1.10. The minimum absolute atomic E-state index is 0.0397. The Morgan fingerprint density at radius 1 is 1.20 bits per heavy atom. The van der Waals surface area contributed by atoms with Gasteiger partial charge in [0.05, 0.1) is 12.2 Å². The average molecular weight is 286 g/mol. The summed E-state index contributed by atoms with van der Waals surface area (Å²) >= 11 is 0. The van der Waals surface area contributed by atoms with Gasteiger partial charge in [-0.25, -0.2) is 0 Å². The highest BCUT2D eigenvalue weighted by Gasteiger charge is 2.52. The van der Waals surface area contributed by atoms with Crippen molar-refractivity contribution in [2.24, 2.45) is 5.41 Å². The van der Waals surface area contributed by atoms with E-state index in [1.54, 1.807) is 6.92 Å². The molecule has 1 saturated carbocycles. The van der Waals surface area contributed by atoms with Gasteiger partial charge in [0.15, 0.2) is 5.41 Å². The number of hydrogen-bond donors (Lipinski definition) is 2. The van der Waals surface area contributed by atoms with Gasteiger partial charge >= 0.3 is 11.9 Å². The normalized spacial score (nSPS) is 20.9. The number of ether oxygens (including phenoxy) is 1. The molecule has 116 valence electrons. The number of carboxylic acids is 1. The van der Waals surface area contributed by atoms with Crippen molar-refractivity contribution in [1.29, 1.82) is 0 Å². The molecular weight excluding hydrogens is 260 g/mol. The molecule has 0 spiro atoms. The fourth-order valence-corrected chi connectivity index (χ4v) is 3.18. The van der Waals surface area contributed by atoms with E-state index in [1.807, 2.05) is 6.92 Å². The number of aliphatic carboxylic acids is 1. The quantitative estimate of drug-likeness (QED) is 0.555. The topological polar surface area (TPSA) is 83.8 Å². The van der Waals surface area contributed by atoms with E-state index in [4.69, 9.17) is 4.74 Å². The van der Waals surface area contributed by atoms with E-state index in [0.29, 0.717) is 19.3 Å². The second-order valence-electron chi connectivity index (χ2n) is 5.82. The van der Waals surface area contributed by atoms with Crippen molar-refractivity contribution in [3.8, 4) is 0 Å². The zero-order chi connectivity index (χ0) is 15.2. The molecule has 0 heterocycles. The summed E-state index contributed by atoms with van der Waals surface area (Å²) in [5, 5.41) is 20.2. The van der Waals surface area contributed by atoms with Crippen LogP contribution in [0.25, 0.3) is 0 Å². The highest BCUT2D eigenvalue weighted by atomic mass is 16.5. The number of aliphatic hydroxyl groups is 1. The minimum atomic E-state index is -1.61. The van der Waals surface area contributed by atoms with Crippen LogP contribution in [0.15, 0.2) is 0 Å². The van der Waals surface area contributed by atoms with Gasteiger partial charge in [0.1, 0.15) is 0 Å². The third kappa shape index (κ3) is 3.72. The van der Waals surface area contributed by atoms with Crippen LogP contribution in [-0.2, 0) is 14.3 Å². The Kier molecular flexibility index (Phi) is 5.99. The molecule has 5 nitrogen and oxygen atoms in total. The summed E-state index contributed by atoms with van der Waals surface area (Å²) in [6.07, 6.45) is 4.64. The van der Waals surface area contributed by atoms with Crippen molar-refractivity contribution in [3.63, 3.8) is 0 Å². The molecule has 20 heavy (non-hydrogen) atoms. The smallest absolute Gasteiger partial charge is 0.323 e. The highest BCUT2D eigenvalue weighted by Crippen LogP contribution is 2.41. The van der Waals surface area contributed by atoms with E-state index in [9.17, 15) is 19.8 Å². The number of rotatable bonds is 7. The molecular formula is C15H26O5. The van der Waals surface area contributed by atoms with E-state index in [1.165, 1.54) is 0 Å². The summed E-state index contributed by atoms with van der Waals surface area (Å²) in [4.78, 5) is 23.9. The van der Waals surface area contributed by atoms with E-state index >= 15 is 0 Å². The molecule has 0 aromatic heterocycles. The molecule has 0 bridgehead atoms. The summed E-state index contributed by atoms with van der Waals surface area (Å²) in [7, 11) is 0. The average Bonchev–Trinajstić information content (AvgIpc) is 2.38. The fourth-order valence-electron chi connectivity index (χ4n) is 3.18. The van der Waals surface area contributed by atoms with Gasteiger partial charge in [-0.2, -0.15) is 0 Å². The van der Waals surface area contributed by atoms with Crippen molar-refractivity contribution in [2.75, 3.05) is 6.61 Å². The van der Waals surface area contributed by atoms with Gasteiger partial charge in [0.2, 0.25) is 0 Å². The molecule has 2 N–H and O–H groups in total. The number of carboxylic acid groups (broad SMARTS) is 1. The summed E-state index contributed by atoms with van der Waals surface area (Å²) < 4.78 is 4.98. The zero-order valence-electron chi connectivity index (χ0n) is 12.5. The van der Waals surface area contributed by atoms with Crippen molar-refractivity contribution >= 4 is 11.9 Å². The van der Waals surface area contributed by atoms with Crippen LogP contribution in [0.4, 0.5) is 0 Å². The third-order valence-corrected chi connectivity index (χ3v) is 4.17. The monoisotopic (exact) mass is 286 g/mol. The van der Waals surface area contributed by atoms with Crippen LogP contribution < -0.4 is 0 Å². The SMILES string of the molecule is CCCC(CC1(O)CCCCC1)(C(=O)O)C(=O)OCC. The Morgan fingerprint density at radius 2 is 1.80 bits per heavy atom. The van der Waals surface area contributed by atoms with Gasteiger partial charge in [-0.05, 0) is 26.2 Å². The van der Waals surface area contributed by atoms with Crippen molar-refractivity contribution in [3.05, 3.63) is 0 Å². The molecule has 1 aliphatic carbocycles. The fraction of sp³-hybridized carbons (Fsp3) is 0.867. The summed E-state index contributed by atoms with van der Waals surface area (Å²) in [6, 6.07) is 0. The van der Waals surface area contributed by atoms with E-state index in [2.05, 4.69) is 0 Å². The summed E-state index contributed by atoms with van der Waals surface area (Å²) in [5.41, 5.74) is -2.67. The number of hydrogen-bond acceptors (Lipinski definition) is 4. The van der Waals surface area contributed by atoms with Gasteiger partial charge < -0.3 is 14.9 Å². The Bertz CT molecular complexity index is 346. The molecule has 0 aromatic carbocycles. The lowest BCUT2D eigenvalue weighted by Gasteiger charge is -2.38. The van der Waals surface area contributed by atoms with Crippen molar-refractivity contribution in [1.82, 2.24) is 0 Å². The van der Waals surface area contributed by atoms with Crippen LogP contribution in [0.2, 0.25) is 0 Å². The largest absolute Gasteiger partial charge is 0.480 e. The van der Waals surface area contributed by atoms with Crippen LogP contribution in [0.3, 0.4) is 0 Å². The summed E-state index contributed by atoms with van der Waals surface area (Å²) in [6.45, 7) is 3.64. The van der Waals surface area contributed by atoms with Crippen molar-refractivity contribution in [2.45, 2.75) is 70.8 Å². The van der Waals surface area contributed by atoms with Gasteiger partial charge in [-0.3, -0.25) is 9.59 Å². The molecule has 0 saturated heterocycles. The maximum atomic E-state index is 12.2. The molecule has 0 aromatic rings. The Balaban J connectivity index is 3.01. The van der Waals surface area contributed by atoms with Crippen LogP contribution in [0, 0.1) is 5.41 Å². The van der Waals surface area contributed by atoms with Crippen LogP contribution >= 0.6 is 0 Å². The molecule has 5 heteroatoms. The second-order valence-corrected chi connectivity index (χ2v) is 5.82. The number of esters is 1. The van der Waals surface area contributed by atoms with E-state index in [-0.39, 0.29) is 19.4 Å². The first-order chi connectivity index (χ1) is 9.40. The maximum absolute atomic E-state index is 12.2. The number of carbonyl (C=O) groups is 2. The highest BCUT2D eigenvalue weighted by molar-refractivity contribution is 5.99. The molecule has 1 aliphatic rings. The Labute approximate surface area is 120 Å². The van der Waals surface area contributed by atoms with Gasteiger partial charge in [-0.15, -0.1) is 0 Å². The van der Waals surface area contributed by atoms with Crippen molar-refractivity contribution < 1.29 is 24.5 Å². The van der Waals surface area contributed by atoms with E-state index < -0.39 is 23.0 Å². The standard InChI is InChI=1S/C15H26O5/c1-3-8-15(12(16)17,13(18)20-4-2)11-14(19)9-6-5-7-10-14/h19H,3-11H2,1-2H3,(H,16,17). The molecule has 1 rings (SSSR count). The maximum Gasteiger partial charge on any atom is 0.323 e. The molecule has 0 aliphatic heterocycles. The Morgan fingerprint density at radius 3 is 2.25 bits per heavy atom. The van der Waals surface area contributed by atoms with Gasteiger partial charge in [-0.1, -0.05) is 32.6 Å². The van der Waals surface area contributed by atoms with Crippen LogP contribution in [0.5, 0.6) is 0 Å². The lowest BCUT2D eigenvalue weighted by Crippen LogP contribution is -2.48. The molecule has 1 atom stereocenters. The first-order valence-corrected chi connectivity index (χ1v) is 7.53. The lowest BCUT2D eigenvalue weighted by atomic mass is 9.69. The van der Waals surface area contributed by atoms with Crippen LogP contribution in [-0.4, -0.2) is 34.4 Å². The minimum Gasteiger partial charge on any atom is -0.480 e. The van der Waals surface area contributed by atoms with Crippen LogP contribution in [0.1, 0.15) is 65.2 Å². The molecule has 0 amide bonds. The summed E-state index contributed by atoms with van der Waals surface area (Å²) in [5.74, 6) is -1.90. The molecule has 1 fully saturated rings. The molecule has 1 unspecified atom stereocenters. The lowest BCUT2D eigenvalue weighted by molar-refractivity contribution is -0.176. The second kappa shape index (κ2) is 7.07. The van der Waals surface area contributed by atoms with E-state index in [0.717, 1.165) is 19.3 Å². The third-order valence-electron chi connectivity index (χ3n) is 4.17. The van der Waals surface area contributed by atoms with Gasteiger partial charge in [0.25, 0.3) is 0 Å². The first kappa shape index (κ1) is 17.0. The van der Waals surface area contributed by atoms with Gasteiger partial charge in [0, 0.05) is 6.42 Å².